The van der Waals surface area contributed by atoms with Crippen LogP contribution in [-0.2, 0) is 0 Å². The van der Waals surface area contributed by atoms with Crippen LogP contribution in [0.3, 0.4) is 0 Å². The minimum atomic E-state index is 0.568. The van der Waals surface area contributed by atoms with Gasteiger partial charge in [-0.25, -0.2) is 0 Å². The maximum atomic E-state index is 4.23. The summed E-state index contributed by atoms with van der Waals surface area (Å²) in [6.45, 7) is 4.23. The number of hydrogen-bond acceptors (Lipinski definition) is 2. The largest absolute Gasteiger partial charge is 0.308 e. The Morgan fingerprint density at radius 1 is 0.867 bits per heavy atom. The Morgan fingerprint density at radius 3 is 2.33 bits per heavy atom. The molecule has 3 rings (SSSR count). The molecule has 2 saturated carbocycles. The van der Waals surface area contributed by atoms with Gasteiger partial charge in [0.2, 0.25) is 0 Å². The Bertz CT molecular complexity index is 261. The fraction of sp³-hybridized carbons (Fsp3) is 0.846. The van der Waals surface area contributed by atoms with Gasteiger partial charge in [0, 0.05) is 24.2 Å². The Labute approximate surface area is 92.5 Å². The second-order valence-corrected chi connectivity index (χ2v) is 5.47. The first-order valence-electron chi connectivity index (χ1n) is 6.54. The smallest absolute Gasteiger partial charge is 0.0435 e. The van der Waals surface area contributed by atoms with Gasteiger partial charge in [-0.3, -0.25) is 0 Å². The zero-order valence-electron chi connectivity index (χ0n) is 9.47. The second-order valence-electron chi connectivity index (χ2n) is 5.47. The summed E-state index contributed by atoms with van der Waals surface area (Å²) in [7, 11) is 0. The van der Waals surface area contributed by atoms with Crippen molar-refractivity contribution in [1.82, 2.24) is 10.6 Å². The second kappa shape index (κ2) is 3.91. The molecule has 2 N–H and O–H groups in total. The van der Waals surface area contributed by atoms with E-state index in [0.717, 1.165) is 12.1 Å². The van der Waals surface area contributed by atoms with E-state index in [1.165, 1.54) is 50.5 Å². The lowest BCUT2D eigenvalue weighted by atomic mass is 9.79. The molecule has 15 heavy (non-hydrogen) atoms. The molecule has 1 heterocycles. The standard InChI is InChI=1S/C13H22N2/c1-9-5-4-8-12-13(9)15-11-7-3-2-6-10(11)14-12/h10-15H,1-8H2. The molecule has 0 aromatic heterocycles. The number of rotatable bonds is 0. The van der Waals surface area contributed by atoms with Gasteiger partial charge < -0.3 is 10.6 Å². The van der Waals surface area contributed by atoms with Gasteiger partial charge in [0.25, 0.3) is 0 Å². The number of fused-ring (bicyclic) bond motifs is 2. The molecule has 0 spiro atoms. The molecule has 0 bridgehead atoms. The molecule has 3 fully saturated rings. The summed E-state index contributed by atoms with van der Waals surface area (Å²) in [6.07, 6.45) is 9.43. The first kappa shape index (κ1) is 9.86. The predicted molar refractivity (Wildman–Crippen MR) is 62.9 cm³/mol. The van der Waals surface area contributed by atoms with E-state index in [9.17, 15) is 0 Å². The fourth-order valence-electron chi connectivity index (χ4n) is 3.60. The van der Waals surface area contributed by atoms with Crippen molar-refractivity contribution in [3.8, 4) is 0 Å². The predicted octanol–water partition coefficient (Wildman–Crippen LogP) is 1.97. The maximum absolute atomic E-state index is 4.23. The first-order valence-corrected chi connectivity index (χ1v) is 6.54. The van der Waals surface area contributed by atoms with E-state index in [-0.39, 0.29) is 0 Å². The molecule has 0 aromatic carbocycles. The lowest BCUT2D eigenvalue weighted by Gasteiger charge is -2.48. The third kappa shape index (κ3) is 1.74. The van der Waals surface area contributed by atoms with Crippen molar-refractivity contribution >= 4 is 0 Å². The van der Waals surface area contributed by atoms with Crippen LogP contribution in [0.1, 0.15) is 44.9 Å². The normalized spacial score (nSPS) is 45.7. The highest BCUT2D eigenvalue weighted by molar-refractivity contribution is 5.17. The van der Waals surface area contributed by atoms with E-state index in [0.29, 0.717) is 12.1 Å². The summed E-state index contributed by atoms with van der Waals surface area (Å²) in [5.74, 6) is 0. The molecule has 0 radical (unpaired) electrons. The number of piperazine rings is 1. The van der Waals surface area contributed by atoms with Crippen LogP contribution in [0.2, 0.25) is 0 Å². The molecular weight excluding hydrogens is 184 g/mol. The number of nitrogens with one attached hydrogen (secondary N) is 2. The molecule has 4 atom stereocenters. The molecule has 1 aliphatic heterocycles. The van der Waals surface area contributed by atoms with Crippen molar-refractivity contribution in [3.05, 3.63) is 12.2 Å². The third-order valence-electron chi connectivity index (χ3n) is 4.44. The summed E-state index contributed by atoms with van der Waals surface area (Å²) < 4.78 is 0. The topological polar surface area (TPSA) is 24.1 Å². The highest BCUT2D eigenvalue weighted by Crippen LogP contribution is 2.30. The monoisotopic (exact) mass is 206 g/mol. The van der Waals surface area contributed by atoms with E-state index in [4.69, 9.17) is 0 Å². The average molecular weight is 206 g/mol. The van der Waals surface area contributed by atoms with Gasteiger partial charge in [0.05, 0.1) is 0 Å². The van der Waals surface area contributed by atoms with Crippen molar-refractivity contribution in [3.63, 3.8) is 0 Å². The summed E-state index contributed by atoms with van der Waals surface area (Å²) in [4.78, 5) is 0. The highest BCUT2D eigenvalue weighted by atomic mass is 15.2. The van der Waals surface area contributed by atoms with Gasteiger partial charge in [-0.05, 0) is 32.1 Å². The molecule has 2 nitrogen and oxygen atoms in total. The van der Waals surface area contributed by atoms with E-state index in [1.807, 2.05) is 0 Å². The van der Waals surface area contributed by atoms with Crippen LogP contribution >= 0.6 is 0 Å². The molecule has 4 unspecified atom stereocenters. The van der Waals surface area contributed by atoms with Crippen LogP contribution in [0.4, 0.5) is 0 Å². The van der Waals surface area contributed by atoms with E-state index in [1.54, 1.807) is 0 Å². The zero-order chi connectivity index (χ0) is 10.3. The minimum absolute atomic E-state index is 0.568. The molecule has 2 aliphatic carbocycles. The Balaban J connectivity index is 1.74. The van der Waals surface area contributed by atoms with Crippen molar-refractivity contribution < 1.29 is 0 Å². The fourth-order valence-corrected chi connectivity index (χ4v) is 3.60. The van der Waals surface area contributed by atoms with Crippen LogP contribution in [0.25, 0.3) is 0 Å². The molecule has 0 amide bonds. The van der Waals surface area contributed by atoms with Crippen molar-refractivity contribution in [2.24, 2.45) is 0 Å². The van der Waals surface area contributed by atoms with Gasteiger partial charge >= 0.3 is 0 Å². The van der Waals surface area contributed by atoms with Crippen LogP contribution in [0, 0.1) is 0 Å². The highest BCUT2D eigenvalue weighted by Gasteiger charge is 2.39. The van der Waals surface area contributed by atoms with E-state index in [2.05, 4.69) is 17.2 Å². The zero-order valence-corrected chi connectivity index (χ0v) is 9.47. The average Bonchev–Trinajstić information content (AvgIpc) is 2.27. The Kier molecular flexibility index (Phi) is 2.57. The summed E-state index contributed by atoms with van der Waals surface area (Å²) >= 11 is 0. The molecule has 1 saturated heterocycles. The van der Waals surface area contributed by atoms with Crippen molar-refractivity contribution in [2.75, 3.05) is 0 Å². The Morgan fingerprint density at radius 2 is 1.53 bits per heavy atom. The summed E-state index contributed by atoms with van der Waals surface area (Å²) in [5, 5.41) is 7.71. The summed E-state index contributed by atoms with van der Waals surface area (Å²) in [5.41, 5.74) is 1.43. The first-order chi connectivity index (χ1) is 7.34. The minimum Gasteiger partial charge on any atom is -0.308 e. The molecular formula is C13H22N2. The molecule has 3 aliphatic rings. The quantitative estimate of drug-likeness (QED) is 0.592. The maximum Gasteiger partial charge on any atom is 0.0435 e. The molecule has 2 heteroatoms. The van der Waals surface area contributed by atoms with Crippen LogP contribution in [0.5, 0.6) is 0 Å². The van der Waals surface area contributed by atoms with Crippen LogP contribution < -0.4 is 10.6 Å². The van der Waals surface area contributed by atoms with Crippen molar-refractivity contribution in [2.45, 2.75) is 69.1 Å². The van der Waals surface area contributed by atoms with Gasteiger partial charge in [-0.15, -0.1) is 0 Å². The van der Waals surface area contributed by atoms with Gasteiger partial charge in [0.1, 0.15) is 0 Å². The third-order valence-corrected chi connectivity index (χ3v) is 4.44. The van der Waals surface area contributed by atoms with Gasteiger partial charge in [-0.1, -0.05) is 25.0 Å². The van der Waals surface area contributed by atoms with E-state index >= 15 is 0 Å². The van der Waals surface area contributed by atoms with Crippen molar-refractivity contribution in [1.29, 1.82) is 0 Å². The van der Waals surface area contributed by atoms with E-state index < -0.39 is 0 Å². The van der Waals surface area contributed by atoms with Gasteiger partial charge in [0.15, 0.2) is 0 Å². The SMILES string of the molecule is C=C1CCCC2NC3CCCCC3NC12. The van der Waals surface area contributed by atoms with Gasteiger partial charge in [-0.2, -0.15) is 0 Å². The Hall–Kier alpha value is -0.340. The summed E-state index contributed by atoms with van der Waals surface area (Å²) in [6, 6.07) is 2.70. The molecule has 84 valence electrons. The lowest BCUT2D eigenvalue weighted by molar-refractivity contribution is 0.163. The number of hydrogen-bond donors (Lipinski definition) is 2. The lowest BCUT2D eigenvalue weighted by Crippen LogP contribution is -2.67. The van der Waals surface area contributed by atoms with Crippen LogP contribution in [0.15, 0.2) is 12.2 Å². The molecule has 0 aromatic rings. The van der Waals surface area contributed by atoms with Crippen LogP contribution in [-0.4, -0.2) is 24.2 Å².